The molecule has 0 unspecified atom stereocenters. The molecular formula is C22H29N3O4S2. The maximum atomic E-state index is 13.4. The number of nitrogens with one attached hydrogen (secondary N) is 1. The van der Waals surface area contributed by atoms with Crippen molar-refractivity contribution in [3.8, 4) is 0 Å². The van der Waals surface area contributed by atoms with Crippen molar-refractivity contribution in [1.82, 2.24) is 14.5 Å². The molecule has 1 fully saturated rings. The molecule has 3 rings (SSSR count). The van der Waals surface area contributed by atoms with E-state index in [1.54, 1.807) is 22.4 Å². The lowest BCUT2D eigenvalue weighted by atomic mass is 9.95. The van der Waals surface area contributed by atoms with Gasteiger partial charge in [-0.25, -0.2) is 8.42 Å². The molecule has 0 saturated carbocycles. The van der Waals surface area contributed by atoms with Gasteiger partial charge in [-0.3, -0.25) is 9.59 Å². The fourth-order valence-corrected chi connectivity index (χ4v) is 6.54. The summed E-state index contributed by atoms with van der Waals surface area (Å²) in [5, 5.41) is 4.43. The van der Waals surface area contributed by atoms with Gasteiger partial charge in [-0.2, -0.15) is 4.31 Å². The van der Waals surface area contributed by atoms with E-state index < -0.39 is 10.0 Å². The molecule has 2 amide bonds. The third-order valence-corrected chi connectivity index (χ3v) is 9.31. The fourth-order valence-electron chi connectivity index (χ4n) is 3.92. The second-order valence-corrected chi connectivity index (χ2v) is 10.7. The van der Waals surface area contributed by atoms with Gasteiger partial charge in [-0.15, -0.1) is 11.3 Å². The van der Waals surface area contributed by atoms with Crippen molar-refractivity contribution in [3.63, 3.8) is 0 Å². The van der Waals surface area contributed by atoms with Gasteiger partial charge in [0, 0.05) is 26.2 Å². The van der Waals surface area contributed by atoms with E-state index in [1.807, 2.05) is 34.6 Å². The second kappa shape index (κ2) is 9.10. The molecule has 0 bridgehead atoms. The quantitative estimate of drug-likeness (QED) is 0.738. The topological polar surface area (TPSA) is 86.8 Å². The summed E-state index contributed by atoms with van der Waals surface area (Å²) in [7, 11) is -3.66. The minimum atomic E-state index is -3.66. The Morgan fingerprint density at radius 2 is 1.48 bits per heavy atom. The normalized spacial score (nSPS) is 15.2. The van der Waals surface area contributed by atoms with Crippen LogP contribution in [0.2, 0.25) is 0 Å². The van der Waals surface area contributed by atoms with Gasteiger partial charge in [0.05, 0.1) is 16.3 Å². The Kier molecular flexibility index (Phi) is 6.88. The van der Waals surface area contributed by atoms with Crippen molar-refractivity contribution in [2.75, 3.05) is 32.7 Å². The van der Waals surface area contributed by atoms with Crippen molar-refractivity contribution in [1.29, 1.82) is 0 Å². The lowest BCUT2D eigenvalue weighted by Gasteiger charge is -2.35. The molecule has 1 N–H and O–H groups in total. The predicted octanol–water partition coefficient (Wildman–Crippen LogP) is 2.55. The SMILES string of the molecule is Cc1c(C)c(C)c(S(=O)(=O)N2CCN(C(=O)CNC(=O)c3cccs3)CC2)c(C)c1C. The van der Waals surface area contributed by atoms with Crippen LogP contribution in [0.4, 0.5) is 0 Å². The molecule has 0 radical (unpaired) electrons. The van der Waals surface area contributed by atoms with Crippen molar-refractivity contribution in [2.24, 2.45) is 0 Å². The molecule has 7 nitrogen and oxygen atoms in total. The van der Waals surface area contributed by atoms with Crippen molar-refractivity contribution >= 4 is 33.2 Å². The number of thiophene rings is 1. The van der Waals surface area contributed by atoms with Crippen LogP contribution in [0.25, 0.3) is 0 Å². The third-order valence-electron chi connectivity index (χ3n) is 6.27. The first kappa shape index (κ1) is 23.4. The first-order valence-electron chi connectivity index (χ1n) is 10.2. The summed E-state index contributed by atoms with van der Waals surface area (Å²) < 4.78 is 28.3. The van der Waals surface area contributed by atoms with Crippen LogP contribution in [0.5, 0.6) is 0 Å². The number of piperazine rings is 1. The zero-order chi connectivity index (χ0) is 22.9. The number of nitrogens with zero attached hydrogens (tertiary/aromatic N) is 2. The summed E-state index contributed by atoms with van der Waals surface area (Å²) in [6, 6.07) is 3.48. The van der Waals surface area contributed by atoms with Crippen molar-refractivity contribution in [2.45, 2.75) is 39.5 Å². The molecule has 1 aliphatic rings. The monoisotopic (exact) mass is 463 g/mol. The van der Waals surface area contributed by atoms with E-state index in [0.29, 0.717) is 22.9 Å². The molecule has 2 heterocycles. The molecule has 0 atom stereocenters. The number of hydrogen-bond acceptors (Lipinski definition) is 5. The zero-order valence-corrected chi connectivity index (χ0v) is 20.2. The average Bonchev–Trinajstić information content (AvgIpc) is 3.29. The smallest absolute Gasteiger partial charge is 0.261 e. The number of amides is 2. The highest BCUT2D eigenvalue weighted by molar-refractivity contribution is 7.89. The van der Waals surface area contributed by atoms with E-state index in [0.717, 1.165) is 27.8 Å². The summed E-state index contributed by atoms with van der Waals surface area (Å²) in [4.78, 5) is 27.0. The number of sulfonamides is 1. The van der Waals surface area contributed by atoms with E-state index in [1.165, 1.54) is 15.6 Å². The molecular weight excluding hydrogens is 434 g/mol. The van der Waals surface area contributed by atoms with Gasteiger partial charge in [-0.05, 0) is 73.9 Å². The Labute approximate surface area is 188 Å². The van der Waals surface area contributed by atoms with Gasteiger partial charge in [0.15, 0.2) is 0 Å². The summed E-state index contributed by atoms with van der Waals surface area (Å²) in [6.45, 7) is 10.6. The Morgan fingerprint density at radius 3 is 2.00 bits per heavy atom. The first-order chi connectivity index (χ1) is 14.6. The highest BCUT2D eigenvalue weighted by Crippen LogP contribution is 2.31. The molecule has 31 heavy (non-hydrogen) atoms. The van der Waals surface area contributed by atoms with Gasteiger partial charge in [0.1, 0.15) is 0 Å². The summed E-state index contributed by atoms with van der Waals surface area (Å²) >= 11 is 1.31. The molecule has 1 saturated heterocycles. The van der Waals surface area contributed by atoms with Gasteiger partial charge in [0.25, 0.3) is 5.91 Å². The predicted molar refractivity (Wildman–Crippen MR) is 122 cm³/mol. The highest BCUT2D eigenvalue weighted by Gasteiger charge is 2.33. The lowest BCUT2D eigenvalue weighted by molar-refractivity contribution is -0.131. The van der Waals surface area contributed by atoms with Crippen LogP contribution < -0.4 is 5.32 Å². The maximum absolute atomic E-state index is 13.4. The molecule has 0 aliphatic carbocycles. The number of carbonyl (C=O) groups excluding carboxylic acids is 2. The fraction of sp³-hybridized carbons (Fsp3) is 0.455. The number of benzene rings is 1. The number of carbonyl (C=O) groups is 2. The van der Waals surface area contributed by atoms with Crippen LogP contribution in [0.15, 0.2) is 22.4 Å². The second-order valence-electron chi connectivity index (χ2n) is 7.90. The maximum Gasteiger partial charge on any atom is 0.261 e. The van der Waals surface area contributed by atoms with Crippen LogP contribution >= 0.6 is 11.3 Å². The van der Waals surface area contributed by atoms with Crippen molar-refractivity contribution in [3.05, 3.63) is 50.2 Å². The van der Waals surface area contributed by atoms with Gasteiger partial charge < -0.3 is 10.2 Å². The van der Waals surface area contributed by atoms with Crippen LogP contribution in [0, 0.1) is 34.6 Å². The van der Waals surface area contributed by atoms with Gasteiger partial charge in [0.2, 0.25) is 15.9 Å². The number of hydrogen-bond donors (Lipinski definition) is 1. The Bertz CT molecular complexity index is 1070. The molecule has 1 aromatic heterocycles. The summed E-state index contributed by atoms with van der Waals surface area (Å²) in [6.07, 6.45) is 0. The standard InChI is InChI=1S/C22H29N3O4S2/c1-14-15(2)17(4)21(18(5)16(14)3)31(28,29)25-10-8-24(9-11-25)20(26)13-23-22(27)19-7-6-12-30-19/h6-7,12H,8-11,13H2,1-5H3,(H,23,27). The van der Waals surface area contributed by atoms with E-state index in [2.05, 4.69) is 5.32 Å². The van der Waals surface area contributed by atoms with Gasteiger partial charge in [-0.1, -0.05) is 6.07 Å². The Morgan fingerprint density at radius 1 is 0.935 bits per heavy atom. The van der Waals surface area contributed by atoms with Gasteiger partial charge >= 0.3 is 0 Å². The molecule has 2 aromatic rings. The lowest BCUT2D eigenvalue weighted by Crippen LogP contribution is -2.52. The van der Waals surface area contributed by atoms with Crippen LogP contribution in [-0.2, 0) is 14.8 Å². The molecule has 168 valence electrons. The van der Waals surface area contributed by atoms with Crippen LogP contribution in [0.3, 0.4) is 0 Å². The van der Waals surface area contributed by atoms with E-state index >= 15 is 0 Å². The minimum absolute atomic E-state index is 0.0992. The molecule has 1 aliphatic heterocycles. The zero-order valence-electron chi connectivity index (χ0n) is 18.6. The molecule has 9 heteroatoms. The average molecular weight is 464 g/mol. The highest BCUT2D eigenvalue weighted by atomic mass is 32.2. The first-order valence-corrected chi connectivity index (χ1v) is 12.5. The van der Waals surface area contributed by atoms with Crippen LogP contribution in [0.1, 0.15) is 37.5 Å². The van der Waals surface area contributed by atoms with E-state index in [9.17, 15) is 18.0 Å². The summed E-state index contributed by atoms with van der Waals surface area (Å²) in [5.41, 5.74) is 4.69. The Balaban J connectivity index is 1.67. The number of rotatable bonds is 5. The van der Waals surface area contributed by atoms with E-state index in [-0.39, 0.29) is 31.4 Å². The molecule has 0 spiro atoms. The largest absolute Gasteiger partial charge is 0.342 e. The third kappa shape index (κ3) is 4.53. The minimum Gasteiger partial charge on any atom is -0.342 e. The Hall–Kier alpha value is -2.23. The van der Waals surface area contributed by atoms with E-state index in [4.69, 9.17) is 0 Å². The van der Waals surface area contributed by atoms with Crippen LogP contribution in [-0.4, -0.2) is 62.2 Å². The van der Waals surface area contributed by atoms with Crippen molar-refractivity contribution < 1.29 is 18.0 Å². The summed E-state index contributed by atoms with van der Waals surface area (Å²) in [5.74, 6) is -0.489. The molecule has 1 aromatic carbocycles.